The predicted molar refractivity (Wildman–Crippen MR) is 77.5 cm³/mol. The van der Waals surface area contributed by atoms with E-state index < -0.39 is 11.5 Å². The second-order valence-electron chi connectivity index (χ2n) is 5.76. The van der Waals surface area contributed by atoms with Crippen LogP contribution < -0.4 is 0 Å². The van der Waals surface area contributed by atoms with Gasteiger partial charge in [-0.15, -0.1) is 0 Å². The summed E-state index contributed by atoms with van der Waals surface area (Å²) in [5, 5.41) is 14.2. The van der Waals surface area contributed by atoms with Crippen LogP contribution in [0.1, 0.15) is 58.2 Å². The van der Waals surface area contributed by atoms with Gasteiger partial charge >= 0.3 is 5.97 Å². The normalized spacial score (nSPS) is 24.9. The number of aliphatic carboxylic acids is 1. The first-order chi connectivity index (χ1) is 9.53. The summed E-state index contributed by atoms with van der Waals surface area (Å²) >= 11 is 0. The molecule has 20 heavy (non-hydrogen) atoms. The molecule has 1 aliphatic rings. The van der Waals surface area contributed by atoms with Crippen molar-refractivity contribution in [1.29, 1.82) is 0 Å². The van der Waals surface area contributed by atoms with Crippen LogP contribution >= 0.6 is 0 Å². The van der Waals surface area contributed by atoms with Crippen molar-refractivity contribution in [2.45, 2.75) is 64.6 Å². The fourth-order valence-electron chi connectivity index (χ4n) is 3.05. The molecule has 2 heterocycles. The molecule has 2 atom stereocenters. The van der Waals surface area contributed by atoms with Crippen LogP contribution in [0, 0.1) is 0 Å². The second kappa shape index (κ2) is 5.95. The van der Waals surface area contributed by atoms with E-state index in [2.05, 4.69) is 23.8 Å². The first-order valence-electron chi connectivity index (χ1n) is 7.56. The Kier molecular flexibility index (Phi) is 4.48. The highest BCUT2D eigenvalue weighted by molar-refractivity contribution is 5.79. The largest absolute Gasteiger partial charge is 0.480 e. The predicted octanol–water partition coefficient (Wildman–Crippen LogP) is 2.68. The number of hydrogen-bond acceptors (Lipinski definition) is 3. The summed E-state index contributed by atoms with van der Waals surface area (Å²) in [4.78, 5) is 13.7. The maximum absolute atomic E-state index is 11.6. The van der Waals surface area contributed by atoms with Gasteiger partial charge in [-0.3, -0.25) is 14.4 Å². The van der Waals surface area contributed by atoms with Crippen molar-refractivity contribution in [1.82, 2.24) is 14.7 Å². The summed E-state index contributed by atoms with van der Waals surface area (Å²) in [5.41, 5.74) is 0.270. The first-order valence-corrected chi connectivity index (χ1v) is 7.56. The van der Waals surface area contributed by atoms with Gasteiger partial charge in [0.25, 0.3) is 0 Å². The Morgan fingerprint density at radius 2 is 2.30 bits per heavy atom. The molecule has 1 N–H and O–H groups in total. The molecule has 1 aromatic heterocycles. The summed E-state index contributed by atoms with van der Waals surface area (Å²) in [6.07, 6.45) is 5.37. The summed E-state index contributed by atoms with van der Waals surface area (Å²) in [6.45, 7) is 7.71. The third-order valence-corrected chi connectivity index (χ3v) is 4.67. The van der Waals surface area contributed by atoms with Crippen molar-refractivity contribution >= 4 is 5.97 Å². The molecule has 5 heteroatoms. The molecule has 112 valence electrons. The van der Waals surface area contributed by atoms with Gasteiger partial charge in [-0.1, -0.05) is 13.8 Å². The number of rotatable bonds is 6. The molecule has 0 aliphatic carbocycles. The molecule has 0 spiro atoms. The molecule has 0 radical (unpaired) electrons. The highest BCUT2D eigenvalue weighted by Crippen LogP contribution is 2.33. The lowest BCUT2D eigenvalue weighted by atomic mass is 9.93. The Bertz CT molecular complexity index is 471. The van der Waals surface area contributed by atoms with Crippen molar-refractivity contribution in [2.75, 3.05) is 6.54 Å². The lowest BCUT2D eigenvalue weighted by molar-refractivity contribution is -0.150. The minimum Gasteiger partial charge on any atom is -0.480 e. The van der Waals surface area contributed by atoms with Crippen LogP contribution in [0.4, 0.5) is 0 Å². The number of carbonyl (C=O) groups is 1. The van der Waals surface area contributed by atoms with E-state index >= 15 is 0 Å². The Morgan fingerprint density at radius 3 is 2.90 bits per heavy atom. The van der Waals surface area contributed by atoms with Crippen molar-refractivity contribution in [3.05, 3.63) is 18.0 Å². The molecule has 2 rings (SSSR count). The van der Waals surface area contributed by atoms with Crippen LogP contribution in [0.3, 0.4) is 0 Å². The number of aromatic nitrogens is 2. The lowest BCUT2D eigenvalue weighted by Crippen LogP contribution is -2.49. The van der Waals surface area contributed by atoms with Crippen LogP contribution in [-0.2, 0) is 11.3 Å². The smallest absolute Gasteiger partial charge is 0.324 e. The monoisotopic (exact) mass is 279 g/mol. The Labute approximate surface area is 120 Å². The fraction of sp³-hybridized carbons (Fsp3) is 0.733. The molecule has 0 amide bonds. The molecule has 1 fully saturated rings. The van der Waals surface area contributed by atoms with Gasteiger partial charge in [0.1, 0.15) is 5.54 Å². The minimum absolute atomic E-state index is 0.387. The Hall–Kier alpha value is -1.36. The summed E-state index contributed by atoms with van der Waals surface area (Å²) in [7, 11) is 0. The molecule has 1 saturated heterocycles. The Morgan fingerprint density at radius 1 is 1.55 bits per heavy atom. The maximum Gasteiger partial charge on any atom is 0.324 e. The lowest BCUT2D eigenvalue weighted by Gasteiger charge is -2.33. The molecule has 1 aliphatic heterocycles. The van der Waals surface area contributed by atoms with Gasteiger partial charge in [-0.2, -0.15) is 5.10 Å². The second-order valence-corrected chi connectivity index (χ2v) is 5.76. The SMILES string of the molecule is CCC(C)n1ccc(CN2CCCC2(CC)C(=O)O)n1. The van der Waals surface area contributed by atoms with Crippen LogP contribution in [0.15, 0.2) is 12.3 Å². The van der Waals surface area contributed by atoms with Gasteiger partial charge < -0.3 is 5.11 Å². The van der Waals surface area contributed by atoms with E-state index in [-0.39, 0.29) is 0 Å². The van der Waals surface area contributed by atoms with E-state index in [1.54, 1.807) is 0 Å². The van der Waals surface area contributed by atoms with E-state index in [0.717, 1.165) is 31.5 Å². The number of carboxylic acids is 1. The quantitative estimate of drug-likeness (QED) is 0.869. The minimum atomic E-state index is -0.696. The molecule has 0 bridgehead atoms. The van der Waals surface area contributed by atoms with Crippen LogP contribution in [0.2, 0.25) is 0 Å². The number of carboxylic acid groups (broad SMARTS) is 1. The van der Waals surface area contributed by atoms with E-state index in [0.29, 0.717) is 19.0 Å². The fourth-order valence-corrected chi connectivity index (χ4v) is 3.05. The van der Waals surface area contributed by atoms with Crippen LogP contribution in [0.25, 0.3) is 0 Å². The third kappa shape index (κ3) is 2.59. The van der Waals surface area contributed by atoms with Gasteiger partial charge in [0, 0.05) is 18.8 Å². The van der Waals surface area contributed by atoms with Gasteiger partial charge in [-0.05, 0) is 45.2 Å². The molecule has 0 aromatic carbocycles. The maximum atomic E-state index is 11.6. The molecule has 2 unspecified atom stereocenters. The zero-order chi connectivity index (χ0) is 14.8. The van der Waals surface area contributed by atoms with Crippen molar-refractivity contribution in [3.8, 4) is 0 Å². The van der Waals surface area contributed by atoms with Crippen molar-refractivity contribution < 1.29 is 9.90 Å². The summed E-state index contributed by atoms with van der Waals surface area (Å²) in [6, 6.07) is 2.39. The Balaban J connectivity index is 2.12. The highest BCUT2D eigenvalue weighted by Gasteiger charge is 2.46. The van der Waals surface area contributed by atoms with Crippen LogP contribution in [0.5, 0.6) is 0 Å². The van der Waals surface area contributed by atoms with Gasteiger partial charge in [0.15, 0.2) is 0 Å². The summed E-state index contributed by atoms with van der Waals surface area (Å²) < 4.78 is 1.97. The van der Waals surface area contributed by atoms with Gasteiger partial charge in [-0.25, -0.2) is 0 Å². The number of hydrogen-bond donors (Lipinski definition) is 1. The van der Waals surface area contributed by atoms with Crippen molar-refractivity contribution in [3.63, 3.8) is 0 Å². The highest BCUT2D eigenvalue weighted by atomic mass is 16.4. The van der Waals surface area contributed by atoms with Gasteiger partial charge in [0.2, 0.25) is 0 Å². The third-order valence-electron chi connectivity index (χ3n) is 4.67. The van der Waals surface area contributed by atoms with E-state index in [4.69, 9.17) is 0 Å². The van der Waals surface area contributed by atoms with Gasteiger partial charge in [0.05, 0.1) is 5.69 Å². The zero-order valence-electron chi connectivity index (χ0n) is 12.7. The molecule has 0 saturated carbocycles. The van der Waals surface area contributed by atoms with E-state index in [1.165, 1.54) is 0 Å². The van der Waals surface area contributed by atoms with E-state index in [9.17, 15) is 9.90 Å². The standard InChI is InChI=1S/C15H25N3O2/c1-4-12(3)18-10-7-13(16-18)11-17-9-6-8-15(17,5-2)14(19)20/h7,10,12H,4-6,8-9,11H2,1-3H3,(H,19,20). The molecular formula is C15H25N3O2. The van der Waals surface area contributed by atoms with E-state index in [1.807, 2.05) is 23.9 Å². The molecular weight excluding hydrogens is 254 g/mol. The average molecular weight is 279 g/mol. The molecule has 1 aromatic rings. The first kappa shape index (κ1) is 15.0. The topological polar surface area (TPSA) is 58.4 Å². The number of nitrogens with zero attached hydrogens (tertiary/aromatic N) is 3. The summed E-state index contributed by atoms with van der Waals surface area (Å²) in [5.74, 6) is -0.696. The zero-order valence-corrected chi connectivity index (χ0v) is 12.7. The molecule has 5 nitrogen and oxygen atoms in total. The number of likely N-dealkylation sites (tertiary alicyclic amines) is 1. The van der Waals surface area contributed by atoms with Crippen LogP contribution in [-0.4, -0.2) is 37.8 Å². The average Bonchev–Trinajstić information content (AvgIpc) is 3.05. The van der Waals surface area contributed by atoms with Crippen molar-refractivity contribution in [2.24, 2.45) is 0 Å².